The molecule has 8 nitrogen and oxygen atoms in total. The van der Waals surface area contributed by atoms with Crippen molar-refractivity contribution in [2.45, 2.75) is 6.18 Å². The van der Waals surface area contributed by atoms with Crippen molar-refractivity contribution in [1.82, 2.24) is 9.97 Å². The molecule has 2 aromatic carbocycles. The Morgan fingerprint density at radius 3 is 2.34 bits per heavy atom. The molecule has 0 atom stereocenters. The minimum atomic E-state index is -4.73. The van der Waals surface area contributed by atoms with Crippen molar-refractivity contribution >= 4 is 47.3 Å². The lowest BCUT2D eigenvalue weighted by atomic mass is 9.80. The summed E-state index contributed by atoms with van der Waals surface area (Å²) in [6.07, 6.45) is -3.03. The van der Waals surface area contributed by atoms with E-state index >= 15 is 0 Å². The van der Waals surface area contributed by atoms with Gasteiger partial charge in [0.2, 0.25) is 11.9 Å². The van der Waals surface area contributed by atoms with Crippen LogP contribution in [0.15, 0.2) is 67.4 Å². The number of amides is 1. The molecule has 12 heteroatoms. The first-order valence-corrected chi connectivity index (χ1v) is 9.13. The molecule has 0 fully saturated rings. The normalized spacial score (nSPS) is 10.9. The third-order valence-electron chi connectivity index (χ3n) is 4.11. The molecule has 0 saturated heterocycles. The summed E-state index contributed by atoms with van der Waals surface area (Å²) in [5.74, 6) is -1.14. The van der Waals surface area contributed by atoms with Crippen molar-refractivity contribution in [1.29, 1.82) is 0 Å². The van der Waals surface area contributed by atoms with Gasteiger partial charge in [-0.1, -0.05) is 24.8 Å². The van der Waals surface area contributed by atoms with E-state index in [4.69, 9.17) is 0 Å². The van der Waals surface area contributed by atoms with Gasteiger partial charge in [0.15, 0.2) is 0 Å². The summed E-state index contributed by atoms with van der Waals surface area (Å²) in [7, 11) is -1.71. The number of hydrogen-bond acceptors (Lipinski definition) is 7. The van der Waals surface area contributed by atoms with Crippen LogP contribution in [-0.2, 0) is 11.0 Å². The van der Waals surface area contributed by atoms with E-state index in [1.807, 2.05) is 0 Å². The summed E-state index contributed by atoms with van der Waals surface area (Å²) in [5.41, 5.74) is 0.0184. The molecule has 1 aromatic heterocycles. The Morgan fingerprint density at radius 1 is 1.03 bits per heavy atom. The van der Waals surface area contributed by atoms with Crippen LogP contribution in [0, 0.1) is 0 Å². The van der Waals surface area contributed by atoms with Crippen molar-refractivity contribution in [3.05, 3.63) is 72.9 Å². The molecule has 0 unspecified atom stereocenters. The van der Waals surface area contributed by atoms with Crippen molar-refractivity contribution in [3.63, 3.8) is 0 Å². The fraction of sp³-hybridized carbons (Fsp3) is 0.0500. The maximum atomic E-state index is 13.5. The van der Waals surface area contributed by atoms with Crippen LogP contribution in [0.4, 0.5) is 42.0 Å². The molecule has 1 amide bonds. The first kappa shape index (κ1) is 22.8. The number of benzene rings is 2. The van der Waals surface area contributed by atoms with Crippen molar-refractivity contribution in [3.8, 4) is 0 Å². The minimum Gasteiger partial charge on any atom is -0.423 e. The van der Waals surface area contributed by atoms with Crippen LogP contribution < -0.4 is 21.4 Å². The van der Waals surface area contributed by atoms with Gasteiger partial charge >= 0.3 is 13.3 Å². The summed E-state index contributed by atoms with van der Waals surface area (Å²) < 4.78 is 40.5. The molecule has 164 valence electrons. The lowest BCUT2D eigenvalue weighted by Gasteiger charge is -2.15. The Kier molecular flexibility index (Phi) is 6.76. The molecule has 0 aliphatic carbocycles. The number of anilines is 5. The molecular weight excluding hydrogens is 426 g/mol. The Hall–Kier alpha value is -3.90. The van der Waals surface area contributed by atoms with E-state index in [9.17, 15) is 28.0 Å². The molecule has 3 aromatic rings. The average molecular weight is 443 g/mol. The molecule has 0 bridgehead atoms. The smallest absolute Gasteiger partial charge is 0.423 e. The monoisotopic (exact) mass is 443 g/mol. The predicted octanol–water partition coefficient (Wildman–Crippen LogP) is 2.79. The second-order valence-corrected chi connectivity index (χ2v) is 6.48. The second-order valence-electron chi connectivity index (χ2n) is 6.48. The van der Waals surface area contributed by atoms with Gasteiger partial charge in [-0.05, 0) is 41.9 Å². The summed E-state index contributed by atoms with van der Waals surface area (Å²) >= 11 is 0. The highest BCUT2D eigenvalue weighted by atomic mass is 19.4. The highest BCUT2D eigenvalue weighted by Gasteiger charge is 2.35. The minimum absolute atomic E-state index is 0.152. The van der Waals surface area contributed by atoms with E-state index in [0.29, 0.717) is 17.6 Å². The molecule has 0 radical (unpaired) electrons. The van der Waals surface area contributed by atoms with Crippen LogP contribution >= 0.6 is 0 Å². The third kappa shape index (κ3) is 5.83. The van der Waals surface area contributed by atoms with Crippen LogP contribution in [0.1, 0.15) is 5.56 Å². The maximum Gasteiger partial charge on any atom is 0.488 e. The number of carbonyl (C=O) groups is 1. The number of carbonyl (C=O) groups excluding carboxylic acids is 1. The fourth-order valence-corrected chi connectivity index (χ4v) is 2.66. The van der Waals surface area contributed by atoms with E-state index in [2.05, 4.69) is 32.5 Å². The summed E-state index contributed by atoms with van der Waals surface area (Å²) in [6.45, 7) is 3.34. The van der Waals surface area contributed by atoms with Crippen LogP contribution in [-0.4, -0.2) is 33.0 Å². The van der Waals surface area contributed by atoms with Crippen molar-refractivity contribution < 1.29 is 28.0 Å². The molecule has 32 heavy (non-hydrogen) atoms. The zero-order valence-corrected chi connectivity index (χ0v) is 16.4. The number of nitrogens with one attached hydrogen (secondary N) is 3. The number of hydrogen-bond donors (Lipinski definition) is 5. The van der Waals surface area contributed by atoms with Crippen LogP contribution in [0.5, 0.6) is 0 Å². The van der Waals surface area contributed by atoms with Gasteiger partial charge in [0, 0.05) is 23.3 Å². The van der Waals surface area contributed by atoms with Gasteiger partial charge in [0.1, 0.15) is 11.4 Å². The standard InChI is InChI=1S/C20H17BF3N5O3/c1-2-17(30)26-14-7-4-8-15(10-14)27-18-16(20(22,23)24)11-25-19(29-18)28-13-6-3-5-12(9-13)21(31)32/h2-11,31-32H,1H2,(H,26,30)(H2,25,27,28,29). The first-order valence-electron chi connectivity index (χ1n) is 9.13. The Bertz CT molecular complexity index is 1140. The summed E-state index contributed by atoms with van der Waals surface area (Å²) in [6, 6.07) is 12.0. The summed E-state index contributed by atoms with van der Waals surface area (Å²) in [5, 5.41) is 26.4. The number of aromatic nitrogens is 2. The van der Waals surface area contributed by atoms with Crippen LogP contribution in [0.2, 0.25) is 0 Å². The molecule has 5 N–H and O–H groups in total. The van der Waals surface area contributed by atoms with E-state index in [-0.39, 0.29) is 17.1 Å². The molecule has 0 spiro atoms. The van der Waals surface area contributed by atoms with Gasteiger partial charge in [-0.2, -0.15) is 18.2 Å². The second kappa shape index (κ2) is 9.50. The Balaban J connectivity index is 1.92. The van der Waals surface area contributed by atoms with Gasteiger partial charge in [0.25, 0.3) is 0 Å². The highest BCUT2D eigenvalue weighted by molar-refractivity contribution is 6.58. The van der Waals surface area contributed by atoms with Crippen LogP contribution in [0.3, 0.4) is 0 Å². The third-order valence-corrected chi connectivity index (χ3v) is 4.11. The Morgan fingerprint density at radius 2 is 1.69 bits per heavy atom. The van der Waals surface area contributed by atoms with Crippen molar-refractivity contribution in [2.75, 3.05) is 16.0 Å². The van der Waals surface area contributed by atoms with Crippen molar-refractivity contribution in [2.24, 2.45) is 0 Å². The van der Waals surface area contributed by atoms with Gasteiger partial charge in [-0.3, -0.25) is 4.79 Å². The average Bonchev–Trinajstić information content (AvgIpc) is 2.73. The Labute approximate surface area is 181 Å². The number of halogens is 3. The molecule has 0 saturated carbocycles. The summed E-state index contributed by atoms with van der Waals surface area (Å²) in [4.78, 5) is 19.1. The van der Waals surface area contributed by atoms with E-state index in [1.54, 1.807) is 18.2 Å². The molecular formula is C20H17BF3N5O3. The quantitative estimate of drug-likeness (QED) is 0.282. The lowest BCUT2D eigenvalue weighted by Crippen LogP contribution is -2.29. The van der Waals surface area contributed by atoms with Gasteiger partial charge in [-0.15, -0.1) is 0 Å². The zero-order valence-electron chi connectivity index (χ0n) is 16.4. The van der Waals surface area contributed by atoms with Gasteiger partial charge in [-0.25, -0.2) is 4.98 Å². The van der Waals surface area contributed by atoms with Gasteiger partial charge < -0.3 is 26.0 Å². The number of nitrogens with zero attached hydrogens (tertiary/aromatic N) is 2. The predicted molar refractivity (Wildman–Crippen MR) is 115 cm³/mol. The number of rotatable bonds is 7. The SMILES string of the molecule is C=CC(=O)Nc1cccc(Nc2nc(Nc3cccc(B(O)O)c3)ncc2C(F)(F)F)c1. The highest BCUT2D eigenvalue weighted by Crippen LogP contribution is 2.35. The zero-order chi connectivity index (χ0) is 23.3. The number of alkyl halides is 3. The van der Waals surface area contributed by atoms with E-state index in [0.717, 1.165) is 6.08 Å². The fourth-order valence-electron chi connectivity index (χ4n) is 2.66. The molecule has 1 heterocycles. The molecule has 0 aliphatic rings. The maximum absolute atomic E-state index is 13.5. The largest absolute Gasteiger partial charge is 0.488 e. The molecule has 3 rings (SSSR count). The van der Waals surface area contributed by atoms with Crippen LogP contribution in [0.25, 0.3) is 0 Å². The van der Waals surface area contributed by atoms with Gasteiger partial charge in [0.05, 0.1) is 0 Å². The first-order chi connectivity index (χ1) is 15.2. The van der Waals surface area contributed by atoms with E-state index in [1.165, 1.54) is 30.3 Å². The topological polar surface area (TPSA) is 119 Å². The van der Waals surface area contributed by atoms with E-state index < -0.39 is 30.6 Å². The lowest BCUT2D eigenvalue weighted by molar-refractivity contribution is -0.137. The molecule has 0 aliphatic heterocycles.